The van der Waals surface area contributed by atoms with Gasteiger partial charge in [-0.3, -0.25) is 9.78 Å². The van der Waals surface area contributed by atoms with Crippen molar-refractivity contribution in [2.24, 2.45) is 0 Å². The maximum absolute atomic E-state index is 11.7. The SMILES string of the molecule is C=CC(=O)Nc1cccc(-c2nccc3cnc(Nc4ccc(NC5CCNCC5)nc4)nc23)c1. The van der Waals surface area contributed by atoms with E-state index in [1.165, 1.54) is 6.08 Å². The normalized spacial score (nSPS) is 13.8. The van der Waals surface area contributed by atoms with Gasteiger partial charge in [-0.15, -0.1) is 0 Å². The van der Waals surface area contributed by atoms with Crippen molar-refractivity contribution < 1.29 is 4.79 Å². The average Bonchev–Trinajstić information content (AvgIpc) is 2.90. The third-order valence-corrected chi connectivity index (χ3v) is 5.80. The van der Waals surface area contributed by atoms with Crippen LogP contribution in [0, 0.1) is 0 Å². The molecule has 0 atom stereocenters. The van der Waals surface area contributed by atoms with E-state index in [4.69, 9.17) is 4.98 Å². The largest absolute Gasteiger partial charge is 0.367 e. The first-order chi connectivity index (χ1) is 17.2. The highest BCUT2D eigenvalue weighted by Gasteiger charge is 2.13. The van der Waals surface area contributed by atoms with Gasteiger partial charge in [-0.05, 0) is 62.3 Å². The molecule has 0 unspecified atom stereocenters. The van der Waals surface area contributed by atoms with Crippen molar-refractivity contribution >= 4 is 40.0 Å². The number of piperidine rings is 1. The second-order valence-electron chi connectivity index (χ2n) is 8.29. The van der Waals surface area contributed by atoms with Crippen molar-refractivity contribution in [3.05, 3.63) is 73.7 Å². The van der Waals surface area contributed by atoms with Crippen molar-refractivity contribution in [2.45, 2.75) is 18.9 Å². The number of anilines is 4. The summed E-state index contributed by atoms with van der Waals surface area (Å²) in [5, 5.41) is 13.7. The predicted molar refractivity (Wildman–Crippen MR) is 139 cm³/mol. The van der Waals surface area contributed by atoms with Gasteiger partial charge in [-0.1, -0.05) is 18.7 Å². The smallest absolute Gasteiger partial charge is 0.247 e. The Hall–Kier alpha value is -4.37. The lowest BCUT2D eigenvalue weighted by Crippen LogP contribution is -2.35. The Morgan fingerprint density at radius 3 is 2.71 bits per heavy atom. The molecule has 9 heteroatoms. The van der Waals surface area contributed by atoms with E-state index in [1.54, 1.807) is 18.6 Å². The number of rotatable bonds is 7. The highest BCUT2D eigenvalue weighted by Crippen LogP contribution is 2.28. The highest BCUT2D eigenvalue weighted by molar-refractivity contribution is 5.99. The molecule has 4 N–H and O–H groups in total. The minimum absolute atomic E-state index is 0.271. The third-order valence-electron chi connectivity index (χ3n) is 5.80. The number of carbonyl (C=O) groups is 1. The molecule has 1 amide bonds. The van der Waals surface area contributed by atoms with E-state index in [0.29, 0.717) is 28.9 Å². The summed E-state index contributed by atoms with van der Waals surface area (Å²) in [6.07, 6.45) is 8.67. The molecule has 1 aliphatic heterocycles. The first-order valence-corrected chi connectivity index (χ1v) is 11.5. The lowest BCUT2D eigenvalue weighted by atomic mass is 10.1. The standard InChI is InChI=1S/C26H26N8O/c1-2-23(35)32-20-5-3-4-17(14-20)24-25-18(8-13-28-24)15-30-26(34-25)33-21-6-7-22(29-16-21)31-19-9-11-27-12-10-19/h2-8,13-16,19,27H,1,9-12H2,(H,29,31)(H,32,35)(H,30,33,34). The van der Waals surface area contributed by atoms with E-state index in [1.807, 2.05) is 42.5 Å². The van der Waals surface area contributed by atoms with Gasteiger partial charge in [0.2, 0.25) is 11.9 Å². The molecule has 9 nitrogen and oxygen atoms in total. The fourth-order valence-electron chi connectivity index (χ4n) is 4.02. The topological polar surface area (TPSA) is 117 Å². The molecule has 0 spiro atoms. The van der Waals surface area contributed by atoms with Crippen LogP contribution in [0.2, 0.25) is 0 Å². The number of carbonyl (C=O) groups excluding carboxylic acids is 1. The second-order valence-corrected chi connectivity index (χ2v) is 8.29. The average molecular weight is 467 g/mol. The van der Waals surface area contributed by atoms with Gasteiger partial charge < -0.3 is 21.3 Å². The van der Waals surface area contributed by atoms with Gasteiger partial charge in [-0.2, -0.15) is 0 Å². The molecule has 176 valence electrons. The van der Waals surface area contributed by atoms with Crippen LogP contribution in [-0.4, -0.2) is 45.0 Å². The number of aromatic nitrogens is 4. The molecule has 3 aromatic heterocycles. The predicted octanol–water partition coefficient (Wildman–Crippen LogP) is 4.12. The van der Waals surface area contributed by atoms with Gasteiger partial charge in [0.1, 0.15) is 11.3 Å². The third kappa shape index (κ3) is 5.42. The van der Waals surface area contributed by atoms with Crippen LogP contribution in [0.4, 0.5) is 23.1 Å². The molecule has 4 aromatic rings. The van der Waals surface area contributed by atoms with Crippen LogP contribution >= 0.6 is 0 Å². The molecular formula is C26H26N8O. The van der Waals surface area contributed by atoms with Gasteiger partial charge in [0.15, 0.2) is 0 Å². The van der Waals surface area contributed by atoms with Crippen molar-refractivity contribution in [1.82, 2.24) is 25.3 Å². The molecule has 0 aliphatic carbocycles. The molecule has 4 heterocycles. The minimum Gasteiger partial charge on any atom is -0.367 e. The van der Waals surface area contributed by atoms with Gasteiger partial charge in [0.25, 0.3) is 0 Å². The number of nitrogens with zero attached hydrogens (tertiary/aromatic N) is 4. The van der Waals surface area contributed by atoms with Gasteiger partial charge >= 0.3 is 0 Å². The summed E-state index contributed by atoms with van der Waals surface area (Å²) >= 11 is 0. The van der Waals surface area contributed by atoms with Gasteiger partial charge in [0, 0.05) is 35.1 Å². The number of fused-ring (bicyclic) bond motifs is 1. The van der Waals surface area contributed by atoms with Crippen molar-refractivity contribution in [2.75, 3.05) is 29.0 Å². The Labute approximate surface area is 203 Å². The zero-order chi connectivity index (χ0) is 24.0. The number of benzene rings is 1. The number of hydrogen-bond donors (Lipinski definition) is 4. The van der Waals surface area contributed by atoms with Crippen LogP contribution in [0.15, 0.2) is 73.7 Å². The van der Waals surface area contributed by atoms with Crippen LogP contribution in [0.5, 0.6) is 0 Å². The second kappa shape index (κ2) is 10.3. The van der Waals surface area contributed by atoms with E-state index in [0.717, 1.165) is 48.4 Å². The Morgan fingerprint density at radius 2 is 1.91 bits per heavy atom. The zero-order valence-electron chi connectivity index (χ0n) is 19.2. The molecule has 1 saturated heterocycles. The summed E-state index contributed by atoms with van der Waals surface area (Å²) in [6, 6.07) is 13.7. The maximum Gasteiger partial charge on any atom is 0.247 e. The Balaban J connectivity index is 1.37. The van der Waals surface area contributed by atoms with E-state index < -0.39 is 0 Å². The van der Waals surface area contributed by atoms with Gasteiger partial charge in [0.05, 0.1) is 17.6 Å². The summed E-state index contributed by atoms with van der Waals surface area (Å²) in [6.45, 7) is 5.55. The number of hydrogen-bond acceptors (Lipinski definition) is 8. The van der Waals surface area contributed by atoms with E-state index in [2.05, 4.69) is 42.8 Å². The summed E-state index contributed by atoms with van der Waals surface area (Å²) in [4.78, 5) is 30.0. The summed E-state index contributed by atoms with van der Waals surface area (Å²) < 4.78 is 0. The molecule has 1 fully saturated rings. The Morgan fingerprint density at radius 1 is 1.03 bits per heavy atom. The quantitative estimate of drug-likeness (QED) is 0.301. The number of pyridine rings is 2. The Kier molecular flexibility index (Phi) is 6.58. The first kappa shape index (κ1) is 22.4. The fraction of sp³-hybridized carbons (Fsp3) is 0.192. The first-order valence-electron chi connectivity index (χ1n) is 11.5. The maximum atomic E-state index is 11.7. The van der Waals surface area contributed by atoms with Crippen molar-refractivity contribution in [3.63, 3.8) is 0 Å². The van der Waals surface area contributed by atoms with Crippen molar-refractivity contribution in [3.8, 4) is 11.3 Å². The van der Waals surface area contributed by atoms with E-state index in [-0.39, 0.29) is 5.91 Å². The summed E-state index contributed by atoms with van der Waals surface area (Å²) in [5.41, 5.74) is 3.68. The van der Waals surface area contributed by atoms with Crippen LogP contribution in [0.1, 0.15) is 12.8 Å². The molecule has 0 saturated carbocycles. The van der Waals surface area contributed by atoms with Crippen LogP contribution in [-0.2, 0) is 4.79 Å². The van der Waals surface area contributed by atoms with Gasteiger partial charge in [-0.25, -0.2) is 15.0 Å². The molecule has 0 bridgehead atoms. The molecule has 1 aliphatic rings. The Bertz CT molecular complexity index is 1350. The summed E-state index contributed by atoms with van der Waals surface area (Å²) in [5.74, 6) is 1.04. The molecule has 5 rings (SSSR count). The van der Waals surface area contributed by atoms with E-state index >= 15 is 0 Å². The fourth-order valence-corrected chi connectivity index (χ4v) is 4.02. The highest BCUT2D eigenvalue weighted by atomic mass is 16.1. The molecular weight excluding hydrogens is 440 g/mol. The number of nitrogens with one attached hydrogen (secondary N) is 4. The molecule has 0 radical (unpaired) electrons. The van der Waals surface area contributed by atoms with Crippen LogP contribution < -0.4 is 21.3 Å². The number of amides is 1. The zero-order valence-corrected chi connectivity index (χ0v) is 19.2. The van der Waals surface area contributed by atoms with Crippen molar-refractivity contribution in [1.29, 1.82) is 0 Å². The monoisotopic (exact) mass is 466 g/mol. The minimum atomic E-state index is -0.271. The molecule has 35 heavy (non-hydrogen) atoms. The van der Waals surface area contributed by atoms with Crippen LogP contribution in [0.25, 0.3) is 22.2 Å². The lowest BCUT2D eigenvalue weighted by Gasteiger charge is -2.24. The van der Waals surface area contributed by atoms with E-state index in [9.17, 15) is 4.79 Å². The molecule has 1 aromatic carbocycles. The van der Waals surface area contributed by atoms with Crippen LogP contribution in [0.3, 0.4) is 0 Å². The lowest BCUT2D eigenvalue weighted by molar-refractivity contribution is -0.111. The summed E-state index contributed by atoms with van der Waals surface area (Å²) in [7, 11) is 0.